The Hall–Kier alpha value is -3.84. The molecule has 0 bridgehead atoms. The summed E-state index contributed by atoms with van der Waals surface area (Å²) in [5.41, 5.74) is 0.164. The topological polar surface area (TPSA) is 158 Å². The number of carbonyl (C=O) groups excluding carboxylic acids is 4. The van der Waals surface area contributed by atoms with Gasteiger partial charge in [0.1, 0.15) is 16.2 Å². The monoisotopic (exact) mass is 697 g/mol. The molecule has 2 aliphatic rings. The van der Waals surface area contributed by atoms with Crippen molar-refractivity contribution in [1.29, 1.82) is 0 Å². The number of hydrogen-bond donors (Lipinski definition) is 3. The van der Waals surface area contributed by atoms with Gasteiger partial charge >= 0.3 is 11.9 Å². The minimum Gasteiger partial charge on any atom is -0.481 e. The predicted molar refractivity (Wildman–Crippen MR) is 186 cm³/mol. The molecule has 1 aromatic heterocycles. The van der Waals surface area contributed by atoms with Crippen molar-refractivity contribution in [3.8, 4) is 0 Å². The van der Waals surface area contributed by atoms with Crippen molar-refractivity contribution in [2.24, 2.45) is 11.8 Å². The van der Waals surface area contributed by atoms with E-state index in [4.69, 9.17) is 4.74 Å². The highest BCUT2D eigenvalue weighted by Gasteiger charge is 2.54. The zero-order valence-corrected chi connectivity index (χ0v) is 30.3. The molecular weight excluding hydrogens is 646 g/mol. The normalized spacial score (nSPS) is 19.6. The smallest absolute Gasteiger partial charge is 0.306 e. The molecule has 1 saturated heterocycles. The molecule has 2 unspecified atom stereocenters. The van der Waals surface area contributed by atoms with Gasteiger partial charge in [0.15, 0.2) is 6.10 Å². The van der Waals surface area contributed by atoms with Gasteiger partial charge in [0.25, 0.3) is 5.91 Å². The number of nitrogens with one attached hydrogen (secondary N) is 2. The molecule has 268 valence electrons. The molecule has 12 nitrogen and oxygen atoms in total. The number of thiazole rings is 1. The maximum atomic E-state index is 13.9. The lowest BCUT2D eigenvalue weighted by Crippen LogP contribution is -2.57. The van der Waals surface area contributed by atoms with E-state index in [0.717, 1.165) is 31.4 Å². The van der Waals surface area contributed by atoms with Gasteiger partial charge in [-0.05, 0) is 63.6 Å². The molecule has 3 amide bonds. The molecule has 0 spiro atoms. The first-order valence-corrected chi connectivity index (χ1v) is 18.1. The van der Waals surface area contributed by atoms with E-state index in [0.29, 0.717) is 24.3 Å². The predicted octanol–water partition coefficient (Wildman–Crippen LogP) is 4.21. The first-order chi connectivity index (χ1) is 23.2. The van der Waals surface area contributed by atoms with Crippen LogP contribution < -0.4 is 10.6 Å². The Morgan fingerprint density at radius 2 is 1.80 bits per heavy atom. The fourth-order valence-electron chi connectivity index (χ4n) is 6.65. The number of aromatic nitrogens is 1. The maximum Gasteiger partial charge on any atom is 0.306 e. The summed E-state index contributed by atoms with van der Waals surface area (Å²) >= 11 is 1.19. The van der Waals surface area contributed by atoms with Crippen LogP contribution in [0.25, 0.3) is 0 Å². The summed E-state index contributed by atoms with van der Waals surface area (Å²) < 4.78 is 5.73. The third-order valence-corrected chi connectivity index (χ3v) is 10.6. The minimum atomic E-state index is -0.942. The molecule has 1 aromatic carbocycles. The van der Waals surface area contributed by atoms with E-state index < -0.39 is 41.4 Å². The van der Waals surface area contributed by atoms with Gasteiger partial charge in [0.05, 0.1) is 12.0 Å². The SMILES string of the molecule is CC(=O)O[C@H](C[C@H](C(C)C)N(C)C(=O)C1(NC(=O)[C@H]2CCCCN2C)CC1)c1nc(C(=O)NC(Cc2ccccc2)CC(C)C(=O)O)cs1. The van der Waals surface area contributed by atoms with E-state index in [1.54, 1.807) is 24.3 Å². The largest absolute Gasteiger partial charge is 0.481 e. The lowest BCUT2D eigenvalue weighted by Gasteiger charge is -2.37. The summed E-state index contributed by atoms with van der Waals surface area (Å²) in [4.78, 5) is 72.7. The van der Waals surface area contributed by atoms with Crippen LogP contribution in [-0.4, -0.2) is 93.9 Å². The second-order valence-electron chi connectivity index (χ2n) is 14.0. The van der Waals surface area contributed by atoms with Crippen molar-refractivity contribution in [2.45, 2.75) is 109 Å². The first-order valence-electron chi connectivity index (χ1n) is 17.2. The number of hydrogen-bond acceptors (Lipinski definition) is 9. The Kier molecular flexibility index (Phi) is 12.9. The van der Waals surface area contributed by atoms with E-state index in [2.05, 4.69) is 15.6 Å². The number of carbonyl (C=O) groups is 5. The van der Waals surface area contributed by atoms with E-state index in [-0.39, 0.29) is 48.4 Å². The molecule has 2 heterocycles. The van der Waals surface area contributed by atoms with Gasteiger partial charge in [-0.2, -0.15) is 0 Å². The molecule has 13 heteroatoms. The number of nitrogens with zero attached hydrogens (tertiary/aromatic N) is 3. The number of likely N-dealkylation sites (tertiary alicyclic amines) is 1. The Bertz CT molecular complexity index is 1480. The van der Waals surface area contributed by atoms with Crippen molar-refractivity contribution in [3.63, 3.8) is 0 Å². The number of piperidine rings is 1. The summed E-state index contributed by atoms with van der Waals surface area (Å²) in [5, 5.41) is 17.6. The molecule has 1 aliphatic heterocycles. The summed E-state index contributed by atoms with van der Waals surface area (Å²) in [7, 11) is 3.67. The lowest BCUT2D eigenvalue weighted by molar-refractivity contribution is -0.149. The lowest BCUT2D eigenvalue weighted by atomic mass is 9.95. The van der Waals surface area contributed by atoms with Crippen LogP contribution in [-0.2, 0) is 30.3 Å². The van der Waals surface area contributed by atoms with Crippen LogP contribution in [0, 0.1) is 11.8 Å². The minimum absolute atomic E-state index is 0.0271. The molecule has 5 atom stereocenters. The Morgan fingerprint density at radius 3 is 2.39 bits per heavy atom. The maximum absolute atomic E-state index is 13.9. The van der Waals surface area contributed by atoms with Crippen LogP contribution in [0.15, 0.2) is 35.7 Å². The highest BCUT2D eigenvalue weighted by atomic mass is 32.1. The third-order valence-electron chi connectivity index (χ3n) is 9.70. The number of carboxylic acids is 1. The summed E-state index contributed by atoms with van der Waals surface area (Å²) in [6, 6.07) is 8.47. The second-order valence-corrected chi connectivity index (χ2v) is 14.9. The average Bonchev–Trinajstić information content (AvgIpc) is 3.65. The van der Waals surface area contributed by atoms with Gasteiger partial charge in [0, 0.05) is 37.9 Å². The third kappa shape index (κ3) is 10.1. The van der Waals surface area contributed by atoms with Gasteiger partial charge in [-0.15, -0.1) is 11.3 Å². The highest BCUT2D eigenvalue weighted by Crippen LogP contribution is 2.39. The number of ether oxygens (including phenoxy) is 1. The standard InChI is InChI=1S/C36H51N5O7S/c1-22(2)29(41(6)35(47)36(15-16-36)39-32(44)28-14-10-11-17-40(28)5)20-30(48-24(4)42)33-38-27(21-49-33)31(43)37-26(18-23(3)34(45)46)19-25-12-8-7-9-13-25/h7-9,12-13,21-23,26,28-30H,10-11,14-20H2,1-6H3,(H,37,43)(H,39,44)(H,45,46)/t23?,26?,28-,29-,30-/m1/s1. The zero-order chi connectivity index (χ0) is 35.9. The van der Waals surface area contributed by atoms with Crippen molar-refractivity contribution >= 4 is 41.0 Å². The molecule has 2 fully saturated rings. The molecule has 3 N–H and O–H groups in total. The van der Waals surface area contributed by atoms with Gasteiger partial charge in [-0.3, -0.25) is 28.9 Å². The van der Waals surface area contributed by atoms with Crippen molar-refractivity contribution in [1.82, 2.24) is 25.4 Å². The molecule has 2 aromatic rings. The Balaban J connectivity index is 1.47. The van der Waals surface area contributed by atoms with Crippen LogP contribution in [0.3, 0.4) is 0 Å². The number of benzene rings is 1. The van der Waals surface area contributed by atoms with Crippen molar-refractivity contribution < 1.29 is 33.8 Å². The van der Waals surface area contributed by atoms with E-state index >= 15 is 0 Å². The van der Waals surface area contributed by atoms with Crippen LogP contribution in [0.4, 0.5) is 0 Å². The van der Waals surface area contributed by atoms with E-state index in [1.807, 2.05) is 56.1 Å². The zero-order valence-electron chi connectivity index (χ0n) is 29.4. The summed E-state index contributed by atoms with van der Waals surface area (Å²) in [6.07, 6.45) is 4.05. The average molecular weight is 698 g/mol. The summed E-state index contributed by atoms with van der Waals surface area (Å²) in [6.45, 7) is 7.74. The Labute approximate surface area is 293 Å². The number of amides is 3. The van der Waals surface area contributed by atoms with Crippen LogP contribution >= 0.6 is 11.3 Å². The molecule has 4 rings (SSSR count). The number of carboxylic acid groups (broad SMARTS) is 1. The number of likely N-dealkylation sites (N-methyl/N-ethyl adjacent to an activating group) is 2. The molecule has 1 saturated carbocycles. The van der Waals surface area contributed by atoms with Crippen molar-refractivity contribution in [2.75, 3.05) is 20.6 Å². The van der Waals surface area contributed by atoms with Gasteiger partial charge in [-0.25, -0.2) is 4.98 Å². The van der Waals surface area contributed by atoms with Crippen LogP contribution in [0.2, 0.25) is 0 Å². The quantitative estimate of drug-likeness (QED) is 0.219. The van der Waals surface area contributed by atoms with E-state index in [1.165, 1.54) is 18.3 Å². The Morgan fingerprint density at radius 1 is 1.10 bits per heavy atom. The second kappa shape index (κ2) is 16.7. The molecule has 1 aliphatic carbocycles. The van der Waals surface area contributed by atoms with Gasteiger partial charge in [0.2, 0.25) is 11.8 Å². The fraction of sp³-hybridized carbons (Fsp3) is 0.611. The fourth-order valence-corrected chi connectivity index (χ4v) is 7.49. The summed E-state index contributed by atoms with van der Waals surface area (Å²) in [5.74, 6) is -2.89. The van der Waals surface area contributed by atoms with Crippen LogP contribution in [0.1, 0.15) is 99.8 Å². The highest BCUT2D eigenvalue weighted by molar-refractivity contribution is 7.09. The van der Waals surface area contributed by atoms with Crippen molar-refractivity contribution in [3.05, 3.63) is 52.0 Å². The molecular formula is C36H51N5O7S. The number of rotatable bonds is 16. The molecule has 0 radical (unpaired) electrons. The van der Waals surface area contributed by atoms with Gasteiger partial charge < -0.3 is 25.4 Å². The number of aliphatic carboxylic acids is 1. The van der Waals surface area contributed by atoms with Gasteiger partial charge in [-0.1, -0.05) is 57.5 Å². The van der Waals surface area contributed by atoms with E-state index in [9.17, 15) is 29.1 Å². The first kappa shape index (κ1) is 38.0. The van der Waals surface area contributed by atoms with Crippen LogP contribution in [0.5, 0.6) is 0 Å². The molecule has 49 heavy (non-hydrogen) atoms. The number of esters is 1.